The molecule has 1 fully saturated rings. The minimum Gasteiger partial charge on any atom is -0.378 e. The number of hydrogen-bond donors (Lipinski definition) is 3. The van der Waals surface area contributed by atoms with Crippen molar-refractivity contribution in [2.45, 2.75) is 20.0 Å². The molecule has 14 heteroatoms. The maximum atomic E-state index is 13.0. The first-order valence-corrected chi connectivity index (χ1v) is 13.7. The molecule has 1 aliphatic heterocycles. The highest BCUT2D eigenvalue weighted by molar-refractivity contribution is 7.17. The molecule has 218 valence electrons. The molecule has 2 aromatic carbocycles. The Morgan fingerprint density at radius 2 is 1.76 bits per heavy atom. The second kappa shape index (κ2) is 12.1. The summed E-state index contributed by atoms with van der Waals surface area (Å²) in [5.41, 5.74) is 0.385. The lowest BCUT2D eigenvalue weighted by atomic mass is 10.1. The topological polar surface area (TPSA) is 121 Å². The highest BCUT2D eigenvalue weighted by Gasteiger charge is 2.31. The van der Waals surface area contributed by atoms with Gasteiger partial charge in [0.25, 0.3) is 11.8 Å². The predicted octanol–water partition coefficient (Wildman–Crippen LogP) is 5.65. The van der Waals surface area contributed by atoms with Crippen molar-refractivity contribution in [3.8, 4) is 0 Å². The third-order valence-electron chi connectivity index (χ3n) is 6.32. The molecule has 2 aromatic heterocycles. The number of carbonyl (C=O) groups is 2. The molecule has 0 radical (unpaired) electrons. The van der Waals surface area contributed by atoms with Gasteiger partial charge < -0.3 is 25.6 Å². The minimum absolute atomic E-state index is 0.142. The maximum absolute atomic E-state index is 13.0. The Kier molecular flexibility index (Phi) is 8.36. The van der Waals surface area contributed by atoms with Crippen molar-refractivity contribution in [2.75, 3.05) is 47.2 Å². The number of halogens is 3. The van der Waals surface area contributed by atoms with Crippen molar-refractivity contribution in [1.82, 2.24) is 15.0 Å². The van der Waals surface area contributed by atoms with Gasteiger partial charge in [-0.3, -0.25) is 9.59 Å². The Hall–Kier alpha value is -4.56. The van der Waals surface area contributed by atoms with Gasteiger partial charge in [0.1, 0.15) is 22.3 Å². The Bertz CT molecular complexity index is 1620. The lowest BCUT2D eigenvalue weighted by Crippen LogP contribution is -2.36. The third kappa shape index (κ3) is 7.01. The SMILES string of the molecule is Cc1nc(Nc2ncc(C(=O)Nc3cc(NC(=O)c4cccc(C(F)(F)F)c4)ccc3C)s2)cc(N2CCOCC2)n1. The molecule has 1 saturated heterocycles. The summed E-state index contributed by atoms with van der Waals surface area (Å²) in [7, 11) is 0. The number of rotatable bonds is 7. The average Bonchev–Trinajstić information content (AvgIpc) is 3.43. The van der Waals surface area contributed by atoms with Crippen LogP contribution in [0, 0.1) is 13.8 Å². The molecule has 0 atom stereocenters. The lowest BCUT2D eigenvalue weighted by Gasteiger charge is -2.28. The number of nitrogens with one attached hydrogen (secondary N) is 3. The largest absolute Gasteiger partial charge is 0.416 e. The standard InChI is InChI=1S/C28H26F3N7O3S/c1-16-6-7-20(35-25(39)18-4-3-5-19(12-18)28(29,30)31)13-21(16)36-26(40)22-15-32-27(42-22)37-23-14-24(34-17(2)33-23)38-8-10-41-11-9-38/h3-7,12-15H,8-11H2,1-2H3,(H,35,39)(H,36,40)(H,32,33,34,37). The number of thiazole rings is 1. The maximum Gasteiger partial charge on any atom is 0.416 e. The predicted molar refractivity (Wildman–Crippen MR) is 154 cm³/mol. The van der Waals surface area contributed by atoms with Crippen LogP contribution < -0.4 is 20.9 Å². The van der Waals surface area contributed by atoms with Crippen molar-refractivity contribution < 1.29 is 27.5 Å². The number of benzene rings is 2. The summed E-state index contributed by atoms with van der Waals surface area (Å²) < 4.78 is 44.5. The Morgan fingerprint density at radius 3 is 2.52 bits per heavy atom. The van der Waals surface area contributed by atoms with Crippen LogP contribution in [0.4, 0.5) is 41.3 Å². The molecule has 10 nitrogen and oxygen atoms in total. The van der Waals surface area contributed by atoms with E-state index in [-0.39, 0.29) is 5.56 Å². The summed E-state index contributed by atoms with van der Waals surface area (Å²) in [5.74, 6) is 0.783. The van der Waals surface area contributed by atoms with Crippen LogP contribution in [0.15, 0.2) is 54.7 Å². The number of ether oxygens (including phenoxy) is 1. The van der Waals surface area contributed by atoms with E-state index in [1.54, 1.807) is 26.0 Å². The molecule has 0 bridgehead atoms. The molecule has 0 saturated carbocycles. The first-order chi connectivity index (χ1) is 20.0. The normalized spacial score (nSPS) is 13.5. The third-order valence-corrected chi connectivity index (χ3v) is 7.23. The van der Waals surface area contributed by atoms with Gasteiger partial charge in [0.05, 0.1) is 25.0 Å². The Balaban J connectivity index is 1.25. The highest BCUT2D eigenvalue weighted by atomic mass is 32.1. The number of nitrogens with zero attached hydrogens (tertiary/aromatic N) is 4. The van der Waals surface area contributed by atoms with Crippen LogP contribution in [0.25, 0.3) is 0 Å². The van der Waals surface area contributed by atoms with Crippen LogP contribution in [-0.2, 0) is 10.9 Å². The monoisotopic (exact) mass is 597 g/mol. The first-order valence-electron chi connectivity index (χ1n) is 12.9. The fraction of sp³-hybridized carbons (Fsp3) is 0.250. The summed E-state index contributed by atoms with van der Waals surface area (Å²) in [6, 6.07) is 10.8. The second-order valence-electron chi connectivity index (χ2n) is 9.43. The molecule has 1 aliphatic rings. The number of alkyl halides is 3. The molecule has 0 unspecified atom stereocenters. The van der Waals surface area contributed by atoms with Crippen molar-refractivity contribution >= 4 is 51.3 Å². The fourth-order valence-electron chi connectivity index (χ4n) is 4.18. The number of aryl methyl sites for hydroxylation is 2. The molecule has 0 spiro atoms. The summed E-state index contributed by atoms with van der Waals surface area (Å²) in [6.07, 6.45) is -3.13. The van der Waals surface area contributed by atoms with Crippen LogP contribution in [0.5, 0.6) is 0 Å². The van der Waals surface area contributed by atoms with E-state index in [0.29, 0.717) is 46.2 Å². The fourth-order valence-corrected chi connectivity index (χ4v) is 4.89. The van der Waals surface area contributed by atoms with Gasteiger partial charge in [0, 0.05) is 36.1 Å². The molecule has 42 heavy (non-hydrogen) atoms. The van der Waals surface area contributed by atoms with Gasteiger partial charge in [-0.05, 0) is 49.7 Å². The molecular weight excluding hydrogens is 571 g/mol. The molecule has 3 N–H and O–H groups in total. The zero-order valence-corrected chi connectivity index (χ0v) is 23.4. The summed E-state index contributed by atoms with van der Waals surface area (Å²) in [5, 5.41) is 8.99. The molecule has 5 rings (SSSR count). The number of hydrogen-bond acceptors (Lipinski definition) is 9. The van der Waals surface area contributed by atoms with Gasteiger partial charge in [-0.25, -0.2) is 15.0 Å². The second-order valence-corrected chi connectivity index (χ2v) is 10.5. The zero-order valence-electron chi connectivity index (χ0n) is 22.6. The van der Waals surface area contributed by atoms with Gasteiger partial charge in [-0.2, -0.15) is 13.2 Å². The van der Waals surface area contributed by atoms with Gasteiger partial charge in [0.2, 0.25) is 0 Å². The highest BCUT2D eigenvalue weighted by Crippen LogP contribution is 2.30. The van der Waals surface area contributed by atoms with Crippen molar-refractivity contribution in [3.05, 3.63) is 82.1 Å². The van der Waals surface area contributed by atoms with E-state index in [0.717, 1.165) is 47.9 Å². The van der Waals surface area contributed by atoms with Crippen molar-refractivity contribution in [1.29, 1.82) is 0 Å². The Morgan fingerprint density at radius 1 is 0.976 bits per heavy atom. The molecule has 2 amide bonds. The van der Waals surface area contributed by atoms with Crippen molar-refractivity contribution in [2.24, 2.45) is 0 Å². The van der Waals surface area contributed by atoms with E-state index < -0.39 is 23.6 Å². The van der Waals surface area contributed by atoms with Crippen LogP contribution in [0.3, 0.4) is 0 Å². The van der Waals surface area contributed by atoms with E-state index >= 15 is 0 Å². The Labute approximate surface area is 243 Å². The molecule has 3 heterocycles. The molecular formula is C28H26F3N7O3S. The van der Waals surface area contributed by atoms with Crippen molar-refractivity contribution in [3.63, 3.8) is 0 Å². The van der Waals surface area contributed by atoms with E-state index in [2.05, 4.69) is 35.8 Å². The summed E-state index contributed by atoms with van der Waals surface area (Å²) in [4.78, 5) is 41.3. The summed E-state index contributed by atoms with van der Waals surface area (Å²) >= 11 is 1.13. The van der Waals surface area contributed by atoms with E-state index in [1.165, 1.54) is 24.4 Å². The van der Waals surface area contributed by atoms with Crippen LogP contribution in [-0.4, -0.2) is 53.1 Å². The number of aromatic nitrogens is 3. The number of carbonyl (C=O) groups excluding carboxylic acids is 2. The van der Waals surface area contributed by atoms with Gasteiger partial charge in [-0.15, -0.1) is 0 Å². The van der Waals surface area contributed by atoms with Crippen LogP contribution >= 0.6 is 11.3 Å². The van der Waals surface area contributed by atoms with Crippen LogP contribution in [0.1, 0.15) is 37.0 Å². The number of amides is 2. The quantitative estimate of drug-likeness (QED) is 0.250. The molecule has 0 aliphatic carbocycles. The lowest BCUT2D eigenvalue weighted by molar-refractivity contribution is -0.137. The van der Waals surface area contributed by atoms with E-state index in [1.807, 2.05) is 6.07 Å². The molecule has 4 aromatic rings. The minimum atomic E-state index is -4.57. The van der Waals surface area contributed by atoms with E-state index in [4.69, 9.17) is 4.74 Å². The van der Waals surface area contributed by atoms with Gasteiger partial charge in [-0.1, -0.05) is 23.5 Å². The average molecular weight is 598 g/mol. The van der Waals surface area contributed by atoms with Crippen LogP contribution in [0.2, 0.25) is 0 Å². The zero-order chi connectivity index (χ0) is 29.9. The first kappa shape index (κ1) is 29.0. The number of morpholine rings is 1. The van der Waals surface area contributed by atoms with Gasteiger partial charge >= 0.3 is 6.18 Å². The van der Waals surface area contributed by atoms with Gasteiger partial charge in [0.15, 0.2) is 5.13 Å². The number of anilines is 5. The summed E-state index contributed by atoms with van der Waals surface area (Å²) in [6.45, 7) is 6.29. The van der Waals surface area contributed by atoms with E-state index in [9.17, 15) is 22.8 Å². The smallest absolute Gasteiger partial charge is 0.378 e.